The number of nitrogens with one attached hydrogen (secondary N) is 1. The fourth-order valence-corrected chi connectivity index (χ4v) is 3.00. The lowest BCUT2D eigenvalue weighted by Crippen LogP contribution is -2.47. The minimum Gasteiger partial charge on any atom is -0.481 e. The van der Waals surface area contributed by atoms with Gasteiger partial charge >= 0.3 is 12.0 Å². The van der Waals surface area contributed by atoms with Gasteiger partial charge in [0.2, 0.25) is 5.91 Å². The van der Waals surface area contributed by atoms with E-state index in [1.807, 2.05) is 19.9 Å². The van der Waals surface area contributed by atoms with Crippen LogP contribution in [0.15, 0.2) is 24.3 Å². The third-order valence-corrected chi connectivity index (χ3v) is 5.20. The molecule has 0 aliphatic heterocycles. The summed E-state index contributed by atoms with van der Waals surface area (Å²) >= 11 is 0. The van der Waals surface area contributed by atoms with Gasteiger partial charge in [-0.15, -0.1) is 0 Å². The number of carbonyl (C=O) groups excluding carboxylic acids is 2. The Morgan fingerprint density at radius 2 is 1.92 bits per heavy atom. The number of carbonyl (C=O) groups is 3. The normalized spacial score (nSPS) is 13.9. The Hall–Kier alpha value is -2.57. The van der Waals surface area contributed by atoms with Gasteiger partial charge in [-0.1, -0.05) is 26.0 Å². The highest BCUT2D eigenvalue weighted by Crippen LogP contribution is 2.30. The van der Waals surface area contributed by atoms with Crippen molar-refractivity contribution < 1.29 is 19.5 Å². The molecule has 1 aromatic carbocycles. The van der Waals surface area contributed by atoms with Crippen molar-refractivity contribution in [3.8, 4) is 0 Å². The topological polar surface area (TPSA) is 113 Å². The molecule has 26 heavy (non-hydrogen) atoms. The lowest BCUT2D eigenvalue weighted by molar-refractivity contribution is -0.149. The van der Waals surface area contributed by atoms with Gasteiger partial charge < -0.3 is 21.1 Å². The van der Waals surface area contributed by atoms with Crippen LogP contribution in [0.1, 0.15) is 55.5 Å². The van der Waals surface area contributed by atoms with Crippen LogP contribution in [0, 0.1) is 5.41 Å². The monoisotopic (exact) mass is 361 g/mol. The third-order valence-electron chi connectivity index (χ3n) is 5.20. The van der Waals surface area contributed by atoms with Gasteiger partial charge in [0.25, 0.3) is 0 Å². The van der Waals surface area contributed by atoms with E-state index in [4.69, 9.17) is 5.73 Å². The number of hydrogen-bond acceptors (Lipinski definition) is 3. The molecule has 7 heteroatoms. The molecule has 0 atom stereocenters. The molecule has 1 fully saturated rings. The van der Waals surface area contributed by atoms with E-state index in [1.54, 1.807) is 23.1 Å². The molecule has 7 nitrogen and oxygen atoms in total. The van der Waals surface area contributed by atoms with Crippen molar-refractivity contribution in [2.75, 3.05) is 6.54 Å². The second-order valence-corrected chi connectivity index (χ2v) is 6.87. The number of benzene rings is 1. The van der Waals surface area contributed by atoms with Crippen LogP contribution in [0.4, 0.5) is 4.79 Å². The molecule has 0 radical (unpaired) electrons. The highest BCUT2D eigenvalue weighted by atomic mass is 16.4. The zero-order chi connectivity index (χ0) is 19.3. The Morgan fingerprint density at radius 1 is 1.27 bits per heavy atom. The maximum atomic E-state index is 12.7. The van der Waals surface area contributed by atoms with Gasteiger partial charge in [0, 0.05) is 24.7 Å². The Bertz CT molecular complexity index is 681. The molecule has 2 rings (SSSR count). The number of nitrogens with zero attached hydrogens (tertiary/aromatic N) is 1. The van der Waals surface area contributed by atoms with Gasteiger partial charge in [-0.25, -0.2) is 4.79 Å². The number of primary amides is 1. The highest BCUT2D eigenvalue weighted by Gasteiger charge is 2.37. The van der Waals surface area contributed by atoms with Crippen molar-refractivity contribution in [1.29, 1.82) is 0 Å². The van der Waals surface area contributed by atoms with Gasteiger partial charge in [0.05, 0.1) is 5.41 Å². The molecule has 0 unspecified atom stereocenters. The molecule has 142 valence electrons. The number of carboxylic acid groups (broad SMARTS) is 1. The van der Waals surface area contributed by atoms with Crippen molar-refractivity contribution in [3.63, 3.8) is 0 Å². The molecule has 3 amide bonds. The van der Waals surface area contributed by atoms with E-state index in [9.17, 15) is 19.5 Å². The zero-order valence-corrected chi connectivity index (χ0v) is 15.3. The summed E-state index contributed by atoms with van der Waals surface area (Å²) in [6.07, 6.45) is 2.75. The lowest BCUT2D eigenvalue weighted by Gasteiger charge is -2.29. The van der Waals surface area contributed by atoms with Gasteiger partial charge in [0.15, 0.2) is 0 Å². The van der Waals surface area contributed by atoms with Crippen LogP contribution in [0.2, 0.25) is 0 Å². The molecule has 1 aromatic rings. The largest absolute Gasteiger partial charge is 0.481 e. The average molecular weight is 361 g/mol. The number of nitrogens with two attached hydrogens (primary N) is 1. The lowest BCUT2D eigenvalue weighted by atomic mass is 9.82. The van der Waals surface area contributed by atoms with Crippen molar-refractivity contribution in [3.05, 3.63) is 35.4 Å². The standard InChI is InChI=1S/C19H27N3O4/c1-3-19(4-2,17(24)25)12-21-18(26)22(15-8-9-15)11-13-6-5-7-14(10-13)16(20)23/h5-7,10,15H,3-4,8-9,11-12H2,1-2H3,(H2,20,23)(H,21,26)(H,24,25). The van der Waals surface area contributed by atoms with E-state index in [1.165, 1.54) is 0 Å². The van der Waals surface area contributed by atoms with Crippen LogP contribution in [-0.2, 0) is 11.3 Å². The van der Waals surface area contributed by atoms with Crippen molar-refractivity contribution in [2.45, 2.75) is 52.1 Å². The Balaban J connectivity index is 2.07. The summed E-state index contributed by atoms with van der Waals surface area (Å²) < 4.78 is 0. The molecule has 1 aliphatic rings. The first-order valence-corrected chi connectivity index (χ1v) is 8.99. The van der Waals surface area contributed by atoms with Crippen molar-refractivity contribution in [2.24, 2.45) is 11.1 Å². The molecule has 4 N–H and O–H groups in total. The van der Waals surface area contributed by atoms with E-state index in [0.717, 1.165) is 18.4 Å². The Morgan fingerprint density at radius 3 is 2.42 bits per heavy atom. The molecule has 0 bridgehead atoms. The summed E-state index contributed by atoms with van der Waals surface area (Å²) in [5.74, 6) is -1.40. The Labute approximate surface area is 153 Å². The SMILES string of the molecule is CCC(CC)(CNC(=O)N(Cc1cccc(C(N)=O)c1)C1CC1)C(=O)O. The number of carboxylic acids is 1. The summed E-state index contributed by atoms with van der Waals surface area (Å²) in [6, 6.07) is 6.78. The smallest absolute Gasteiger partial charge is 0.317 e. The van der Waals surface area contributed by atoms with E-state index in [2.05, 4.69) is 5.32 Å². The van der Waals surface area contributed by atoms with E-state index in [0.29, 0.717) is 24.9 Å². The molecular weight excluding hydrogens is 334 g/mol. The van der Waals surface area contributed by atoms with Crippen molar-refractivity contribution in [1.82, 2.24) is 10.2 Å². The summed E-state index contributed by atoms with van der Waals surface area (Å²) in [4.78, 5) is 37.3. The molecular formula is C19H27N3O4. The van der Waals surface area contributed by atoms with Gasteiger partial charge in [-0.05, 0) is 43.4 Å². The first kappa shape index (κ1) is 19.8. The van der Waals surface area contributed by atoms with Gasteiger partial charge in [-0.3, -0.25) is 9.59 Å². The Kier molecular flexibility index (Phi) is 6.23. The fraction of sp³-hybridized carbons (Fsp3) is 0.526. The fourth-order valence-electron chi connectivity index (χ4n) is 3.00. The molecule has 1 aliphatic carbocycles. The minimum atomic E-state index is -0.948. The zero-order valence-electron chi connectivity index (χ0n) is 15.3. The quantitative estimate of drug-likeness (QED) is 0.626. The van der Waals surface area contributed by atoms with Gasteiger partial charge in [-0.2, -0.15) is 0 Å². The number of rotatable bonds is 9. The summed E-state index contributed by atoms with van der Waals surface area (Å²) in [7, 11) is 0. The van der Waals surface area contributed by atoms with Crippen LogP contribution in [0.3, 0.4) is 0 Å². The van der Waals surface area contributed by atoms with Crippen LogP contribution in [0.5, 0.6) is 0 Å². The molecule has 1 saturated carbocycles. The van der Waals surface area contributed by atoms with E-state index >= 15 is 0 Å². The number of urea groups is 1. The van der Waals surface area contributed by atoms with E-state index < -0.39 is 17.3 Å². The van der Waals surface area contributed by atoms with Gasteiger partial charge in [0.1, 0.15) is 0 Å². The maximum Gasteiger partial charge on any atom is 0.317 e. The number of hydrogen-bond donors (Lipinski definition) is 3. The minimum absolute atomic E-state index is 0.0959. The van der Waals surface area contributed by atoms with Crippen LogP contribution in [0.25, 0.3) is 0 Å². The van der Waals surface area contributed by atoms with Crippen LogP contribution in [-0.4, -0.2) is 40.5 Å². The number of aliphatic carboxylic acids is 1. The second kappa shape index (κ2) is 8.21. The van der Waals surface area contributed by atoms with Crippen LogP contribution < -0.4 is 11.1 Å². The average Bonchev–Trinajstić information content (AvgIpc) is 3.45. The predicted octanol–water partition coefficient (Wildman–Crippen LogP) is 2.35. The molecule has 0 heterocycles. The van der Waals surface area contributed by atoms with Crippen LogP contribution >= 0.6 is 0 Å². The van der Waals surface area contributed by atoms with E-state index in [-0.39, 0.29) is 18.6 Å². The van der Waals surface area contributed by atoms with Crippen molar-refractivity contribution >= 4 is 17.9 Å². The highest BCUT2D eigenvalue weighted by molar-refractivity contribution is 5.92. The molecule has 0 saturated heterocycles. The molecule has 0 spiro atoms. The first-order valence-electron chi connectivity index (χ1n) is 8.99. The second-order valence-electron chi connectivity index (χ2n) is 6.87. The first-order chi connectivity index (χ1) is 12.3. The maximum absolute atomic E-state index is 12.7. The number of amides is 3. The third kappa shape index (κ3) is 4.53. The summed E-state index contributed by atoms with van der Waals surface area (Å²) in [6.45, 7) is 4.09. The predicted molar refractivity (Wildman–Crippen MR) is 97.6 cm³/mol. The summed E-state index contributed by atoms with van der Waals surface area (Å²) in [5, 5.41) is 12.3. The molecule has 0 aromatic heterocycles. The summed E-state index contributed by atoms with van der Waals surface area (Å²) in [5.41, 5.74) is 5.59.